The van der Waals surface area contributed by atoms with E-state index in [4.69, 9.17) is 5.73 Å². The highest BCUT2D eigenvalue weighted by atomic mass is 32.1. The van der Waals surface area contributed by atoms with Crippen LogP contribution in [-0.2, 0) is 0 Å². The van der Waals surface area contributed by atoms with Crippen LogP contribution in [0.15, 0.2) is 0 Å². The lowest BCUT2D eigenvalue weighted by molar-refractivity contribution is 0.456. The lowest BCUT2D eigenvalue weighted by Gasteiger charge is -2.14. The second-order valence-corrected chi connectivity index (χ2v) is 6.42. The fourth-order valence-electron chi connectivity index (χ4n) is 2.24. The second kappa shape index (κ2) is 7.87. The highest BCUT2D eigenvalue weighted by molar-refractivity contribution is 7.11. The average molecular weight is 269 g/mol. The Bertz CT molecular complexity index is 349. The molecular formula is C14H27N3S. The molecule has 0 saturated heterocycles. The summed E-state index contributed by atoms with van der Waals surface area (Å²) in [7, 11) is 0. The molecule has 1 aromatic rings. The van der Waals surface area contributed by atoms with Gasteiger partial charge in [-0.1, -0.05) is 6.92 Å². The highest BCUT2D eigenvalue weighted by Crippen LogP contribution is 2.24. The zero-order valence-corrected chi connectivity index (χ0v) is 12.9. The van der Waals surface area contributed by atoms with E-state index in [1.807, 2.05) is 0 Å². The Kier molecular flexibility index (Phi) is 6.82. The van der Waals surface area contributed by atoms with E-state index in [1.54, 1.807) is 11.3 Å². The topological polar surface area (TPSA) is 50.9 Å². The summed E-state index contributed by atoms with van der Waals surface area (Å²) in [4.78, 5) is 5.85. The third-order valence-electron chi connectivity index (χ3n) is 3.32. The van der Waals surface area contributed by atoms with Crippen molar-refractivity contribution in [1.82, 2.24) is 10.3 Å². The zero-order chi connectivity index (χ0) is 13.5. The van der Waals surface area contributed by atoms with E-state index in [2.05, 4.69) is 38.0 Å². The van der Waals surface area contributed by atoms with Crippen LogP contribution in [0.3, 0.4) is 0 Å². The quantitative estimate of drug-likeness (QED) is 0.713. The first-order valence-corrected chi connectivity index (χ1v) is 7.73. The summed E-state index contributed by atoms with van der Waals surface area (Å²) in [6.07, 6.45) is 3.63. The van der Waals surface area contributed by atoms with Gasteiger partial charge in [0.1, 0.15) is 0 Å². The molecule has 3 nitrogen and oxygen atoms in total. The monoisotopic (exact) mass is 269 g/mol. The third kappa shape index (κ3) is 5.04. The first-order valence-electron chi connectivity index (χ1n) is 6.92. The molecule has 3 N–H and O–H groups in total. The van der Waals surface area contributed by atoms with Gasteiger partial charge >= 0.3 is 0 Å². The Balaban J connectivity index is 2.25. The Labute approximate surface area is 115 Å². The van der Waals surface area contributed by atoms with E-state index in [1.165, 1.54) is 23.4 Å². The van der Waals surface area contributed by atoms with Gasteiger partial charge < -0.3 is 11.1 Å². The molecule has 0 spiro atoms. The van der Waals surface area contributed by atoms with E-state index in [0.717, 1.165) is 30.4 Å². The number of hydrogen-bond acceptors (Lipinski definition) is 4. The maximum atomic E-state index is 5.56. The molecule has 0 amide bonds. The van der Waals surface area contributed by atoms with Crippen LogP contribution in [-0.4, -0.2) is 18.1 Å². The molecule has 18 heavy (non-hydrogen) atoms. The Morgan fingerprint density at radius 3 is 2.56 bits per heavy atom. The van der Waals surface area contributed by atoms with Gasteiger partial charge in [0.2, 0.25) is 0 Å². The van der Waals surface area contributed by atoms with E-state index < -0.39 is 0 Å². The molecule has 0 aliphatic heterocycles. The molecule has 4 heteroatoms. The molecule has 0 aliphatic carbocycles. The summed E-state index contributed by atoms with van der Waals surface area (Å²) in [5, 5.41) is 4.75. The molecule has 1 heterocycles. The number of hydrogen-bond donors (Lipinski definition) is 2. The number of nitrogens with one attached hydrogen (secondary N) is 1. The largest absolute Gasteiger partial charge is 0.330 e. The van der Waals surface area contributed by atoms with E-state index >= 15 is 0 Å². The molecule has 1 aromatic heterocycles. The fraction of sp³-hybridized carbons (Fsp3) is 0.786. The van der Waals surface area contributed by atoms with Crippen molar-refractivity contribution in [3.8, 4) is 0 Å². The van der Waals surface area contributed by atoms with Crippen molar-refractivity contribution in [2.24, 2.45) is 11.7 Å². The lowest BCUT2D eigenvalue weighted by atomic mass is 10.0. The Morgan fingerprint density at radius 2 is 2.00 bits per heavy atom. The van der Waals surface area contributed by atoms with Crippen molar-refractivity contribution in [3.63, 3.8) is 0 Å². The van der Waals surface area contributed by atoms with Gasteiger partial charge in [0.05, 0.1) is 10.7 Å². The van der Waals surface area contributed by atoms with Gasteiger partial charge in [-0.3, -0.25) is 0 Å². The molecule has 0 aromatic carbocycles. The molecule has 1 rings (SSSR count). The number of aryl methyl sites for hydroxylation is 2. The number of nitrogens with zero attached hydrogens (tertiary/aromatic N) is 1. The van der Waals surface area contributed by atoms with Crippen LogP contribution in [0.1, 0.15) is 54.7 Å². The van der Waals surface area contributed by atoms with Crippen LogP contribution in [0.5, 0.6) is 0 Å². The molecule has 0 saturated carbocycles. The maximum Gasteiger partial charge on any atom is 0.0900 e. The second-order valence-electron chi connectivity index (χ2n) is 5.18. The van der Waals surface area contributed by atoms with Gasteiger partial charge in [0, 0.05) is 10.9 Å². The first-order chi connectivity index (χ1) is 8.54. The van der Waals surface area contributed by atoms with E-state index in [0.29, 0.717) is 6.04 Å². The molecule has 0 bridgehead atoms. The molecule has 104 valence electrons. The summed E-state index contributed by atoms with van der Waals surface area (Å²) < 4.78 is 0. The Morgan fingerprint density at radius 1 is 1.28 bits per heavy atom. The zero-order valence-electron chi connectivity index (χ0n) is 12.1. The van der Waals surface area contributed by atoms with Crippen molar-refractivity contribution in [3.05, 3.63) is 15.6 Å². The fourth-order valence-corrected chi connectivity index (χ4v) is 3.19. The summed E-state index contributed by atoms with van der Waals surface area (Å²) in [5.74, 6) is 0.750. The normalized spacial score (nSPS) is 14.7. The van der Waals surface area contributed by atoms with Crippen LogP contribution in [0.25, 0.3) is 0 Å². The summed E-state index contributed by atoms with van der Waals surface area (Å²) >= 11 is 1.80. The van der Waals surface area contributed by atoms with Crippen molar-refractivity contribution in [1.29, 1.82) is 0 Å². The van der Waals surface area contributed by atoms with Crippen molar-refractivity contribution < 1.29 is 0 Å². The van der Waals surface area contributed by atoms with Crippen LogP contribution >= 0.6 is 11.3 Å². The lowest BCUT2D eigenvalue weighted by Crippen LogP contribution is -2.20. The van der Waals surface area contributed by atoms with Crippen LogP contribution in [0.4, 0.5) is 0 Å². The number of nitrogens with two attached hydrogens (primary N) is 1. The number of aromatic nitrogens is 1. The number of thiazole rings is 1. The van der Waals surface area contributed by atoms with Crippen molar-refractivity contribution in [2.45, 2.75) is 53.0 Å². The highest BCUT2D eigenvalue weighted by Gasteiger charge is 2.12. The van der Waals surface area contributed by atoms with Gasteiger partial charge in [0.15, 0.2) is 0 Å². The summed E-state index contributed by atoms with van der Waals surface area (Å²) in [6.45, 7) is 10.6. The molecule has 2 atom stereocenters. The van der Waals surface area contributed by atoms with Gasteiger partial charge in [-0.2, -0.15) is 0 Å². The molecule has 0 radical (unpaired) electrons. The van der Waals surface area contributed by atoms with Gasteiger partial charge in [-0.25, -0.2) is 4.98 Å². The van der Waals surface area contributed by atoms with E-state index in [-0.39, 0.29) is 0 Å². The minimum atomic E-state index is 0.418. The standard InChI is InChI=1S/C14H27N3S/c1-10(7-8-15)6-5-9-16-11(2)14-12(3)17-13(4)18-14/h10-11,16H,5-9,15H2,1-4H3. The Hall–Kier alpha value is -0.450. The van der Waals surface area contributed by atoms with Crippen molar-refractivity contribution >= 4 is 11.3 Å². The smallest absolute Gasteiger partial charge is 0.0900 e. The van der Waals surface area contributed by atoms with Gasteiger partial charge in [-0.15, -0.1) is 11.3 Å². The first kappa shape index (κ1) is 15.6. The average Bonchev–Trinajstić information content (AvgIpc) is 2.64. The minimum Gasteiger partial charge on any atom is -0.330 e. The summed E-state index contributed by atoms with van der Waals surface area (Å²) in [6, 6.07) is 0.418. The number of rotatable bonds is 8. The predicted molar refractivity (Wildman–Crippen MR) is 80.1 cm³/mol. The molecular weight excluding hydrogens is 242 g/mol. The molecule has 0 fully saturated rings. The van der Waals surface area contributed by atoms with Crippen LogP contribution < -0.4 is 11.1 Å². The third-order valence-corrected chi connectivity index (χ3v) is 4.57. The van der Waals surface area contributed by atoms with Gasteiger partial charge in [-0.05, 0) is 59.0 Å². The molecule has 2 unspecified atom stereocenters. The SMILES string of the molecule is Cc1nc(C)c(C(C)NCCCC(C)CCN)s1. The van der Waals surface area contributed by atoms with Crippen LogP contribution in [0.2, 0.25) is 0 Å². The van der Waals surface area contributed by atoms with E-state index in [9.17, 15) is 0 Å². The van der Waals surface area contributed by atoms with Crippen LogP contribution in [0, 0.1) is 19.8 Å². The van der Waals surface area contributed by atoms with Crippen molar-refractivity contribution in [2.75, 3.05) is 13.1 Å². The molecule has 0 aliphatic rings. The predicted octanol–water partition coefficient (Wildman–Crippen LogP) is 3.18. The summed E-state index contributed by atoms with van der Waals surface area (Å²) in [5.41, 5.74) is 6.73. The maximum absolute atomic E-state index is 5.56. The minimum absolute atomic E-state index is 0.418. The van der Waals surface area contributed by atoms with Gasteiger partial charge in [0.25, 0.3) is 0 Å².